The van der Waals surface area contributed by atoms with Crippen molar-refractivity contribution in [1.82, 2.24) is 10.3 Å². The first-order valence-electron chi connectivity index (χ1n) is 8.95. The molecule has 146 valence electrons. The molecular formula is C21H24N4O3. The second kappa shape index (κ2) is 8.69. The Labute approximate surface area is 163 Å². The van der Waals surface area contributed by atoms with Crippen LogP contribution in [0.25, 0.3) is 10.9 Å². The van der Waals surface area contributed by atoms with Crippen molar-refractivity contribution in [2.45, 2.75) is 12.6 Å². The highest BCUT2D eigenvalue weighted by atomic mass is 16.5. The van der Waals surface area contributed by atoms with E-state index in [1.54, 1.807) is 25.4 Å². The number of rotatable bonds is 8. The molecule has 1 heterocycles. The van der Waals surface area contributed by atoms with Crippen LogP contribution in [0.4, 0.5) is 5.69 Å². The van der Waals surface area contributed by atoms with Crippen molar-refractivity contribution in [2.24, 2.45) is 5.73 Å². The number of para-hydroxylation sites is 1. The van der Waals surface area contributed by atoms with Crippen LogP contribution in [0.15, 0.2) is 48.7 Å². The fraction of sp³-hybridized carbons (Fsp3) is 0.238. The Kier molecular flexibility index (Phi) is 6.08. The van der Waals surface area contributed by atoms with Gasteiger partial charge in [0.05, 0.1) is 36.5 Å². The molecule has 7 heteroatoms. The predicted molar refractivity (Wildman–Crippen MR) is 109 cm³/mol. The number of fused-ring (bicyclic) bond motifs is 1. The number of aliphatic hydroxyl groups is 1. The molecule has 5 N–H and O–H groups in total. The average Bonchev–Trinajstić information content (AvgIpc) is 2.72. The Morgan fingerprint density at radius 1 is 1.29 bits per heavy atom. The largest absolute Gasteiger partial charge is 0.497 e. The number of hydrogen-bond acceptors (Lipinski definition) is 6. The van der Waals surface area contributed by atoms with Gasteiger partial charge in [0.15, 0.2) is 0 Å². The molecule has 0 aliphatic heterocycles. The maximum atomic E-state index is 11.8. The number of pyridine rings is 1. The second-order valence-electron chi connectivity index (χ2n) is 6.41. The molecule has 1 aromatic heterocycles. The number of nitrogens with zero attached hydrogens (tertiary/aromatic N) is 1. The molecule has 28 heavy (non-hydrogen) atoms. The van der Waals surface area contributed by atoms with Crippen LogP contribution in [0.2, 0.25) is 0 Å². The number of aliphatic hydroxyl groups excluding tert-OH is 1. The van der Waals surface area contributed by atoms with E-state index in [0.717, 1.165) is 22.4 Å². The quantitative estimate of drug-likeness (QED) is 0.477. The summed E-state index contributed by atoms with van der Waals surface area (Å²) in [5.41, 5.74) is 8.73. The number of ether oxygens (including phenoxy) is 1. The van der Waals surface area contributed by atoms with Gasteiger partial charge in [-0.25, -0.2) is 0 Å². The number of primary amides is 1. The summed E-state index contributed by atoms with van der Waals surface area (Å²) >= 11 is 0. The van der Waals surface area contributed by atoms with Gasteiger partial charge in [0.25, 0.3) is 5.91 Å². The zero-order valence-corrected chi connectivity index (χ0v) is 15.9. The summed E-state index contributed by atoms with van der Waals surface area (Å²) in [4.78, 5) is 16.1. The number of carbonyl (C=O) groups excluding carboxylic acids is 1. The van der Waals surface area contributed by atoms with Gasteiger partial charge in [0.1, 0.15) is 5.75 Å². The first kappa shape index (κ1) is 19.6. The van der Waals surface area contributed by atoms with Crippen molar-refractivity contribution in [3.05, 3.63) is 65.4 Å². The molecular weight excluding hydrogens is 356 g/mol. The highest BCUT2D eigenvalue weighted by Crippen LogP contribution is 2.32. The van der Waals surface area contributed by atoms with Crippen LogP contribution in [-0.4, -0.2) is 36.7 Å². The van der Waals surface area contributed by atoms with Crippen molar-refractivity contribution in [3.8, 4) is 5.75 Å². The van der Waals surface area contributed by atoms with E-state index in [-0.39, 0.29) is 12.6 Å². The van der Waals surface area contributed by atoms with E-state index in [4.69, 9.17) is 10.5 Å². The van der Waals surface area contributed by atoms with E-state index in [0.29, 0.717) is 23.2 Å². The third kappa shape index (κ3) is 3.90. The van der Waals surface area contributed by atoms with Gasteiger partial charge in [-0.2, -0.15) is 0 Å². The number of anilines is 1. The zero-order valence-electron chi connectivity index (χ0n) is 15.9. The third-order valence-electron chi connectivity index (χ3n) is 4.63. The summed E-state index contributed by atoms with van der Waals surface area (Å²) in [5.74, 6) is 0.221. The highest BCUT2D eigenvalue weighted by molar-refractivity contribution is 6.08. The number of methoxy groups -OCH3 is 1. The molecule has 0 spiro atoms. The zero-order chi connectivity index (χ0) is 20.1. The minimum Gasteiger partial charge on any atom is -0.497 e. The van der Waals surface area contributed by atoms with Crippen LogP contribution in [0.1, 0.15) is 27.5 Å². The number of aromatic nitrogens is 1. The average molecular weight is 380 g/mol. The standard InChI is InChI=1S/C21H24N4O3/c1-23-11-18(13-5-3-6-15(9-13)28-2)25-19-14(12-26)10-24-20-16(19)7-4-8-17(20)21(22)27/h3-10,18,23,26H,11-12H2,1-2H3,(H2,22,27)(H,24,25)/t18-/m1/s1. The minimum atomic E-state index is -0.541. The Morgan fingerprint density at radius 2 is 2.07 bits per heavy atom. The SMILES string of the molecule is CNC[C@@H](Nc1c(CO)cnc2c(C(N)=O)cccc12)c1cccc(OC)c1. The first-order valence-corrected chi connectivity index (χ1v) is 8.95. The topological polar surface area (TPSA) is 110 Å². The van der Waals surface area contributed by atoms with Crippen LogP contribution < -0.4 is 21.1 Å². The van der Waals surface area contributed by atoms with Crippen molar-refractivity contribution < 1.29 is 14.6 Å². The van der Waals surface area contributed by atoms with E-state index in [2.05, 4.69) is 15.6 Å². The highest BCUT2D eigenvalue weighted by Gasteiger charge is 2.18. The number of nitrogens with one attached hydrogen (secondary N) is 2. The van der Waals surface area contributed by atoms with E-state index < -0.39 is 5.91 Å². The number of carbonyl (C=O) groups is 1. The summed E-state index contributed by atoms with van der Waals surface area (Å²) in [7, 11) is 3.50. The lowest BCUT2D eigenvalue weighted by Gasteiger charge is -2.23. The normalized spacial score (nSPS) is 12.0. The number of likely N-dealkylation sites (N-methyl/N-ethyl adjacent to an activating group) is 1. The molecule has 0 aliphatic carbocycles. The Bertz CT molecular complexity index is 991. The Balaban J connectivity index is 2.12. The molecule has 0 bridgehead atoms. The summed E-state index contributed by atoms with van der Waals surface area (Å²) < 4.78 is 5.34. The van der Waals surface area contributed by atoms with Crippen LogP contribution >= 0.6 is 0 Å². The van der Waals surface area contributed by atoms with Crippen molar-refractivity contribution in [2.75, 3.05) is 26.0 Å². The lowest BCUT2D eigenvalue weighted by molar-refractivity contribution is 0.100. The van der Waals surface area contributed by atoms with Crippen LogP contribution in [-0.2, 0) is 6.61 Å². The summed E-state index contributed by atoms with van der Waals surface area (Å²) in [6.45, 7) is 0.452. The Morgan fingerprint density at radius 3 is 2.75 bits per heavy atom. The predicted octanol–water partition coefficient (Wildman–Crippen LogP) is 2.21. The van der Waals surface area contributed by atoms with E-state index in [1.807, 2.05) is 37.4 Å². The lowest BCUT2D eigenvalue weighted by Crippen LogP contribution is -2.24. The molecule has 0 aliphatic rings. The molecule has 1 atom stereocenters. The number of hydrogen-bond donors (Lipinski definition) is 4. The van der Waals surface area contributed by atoms with Crippen LogP contribution in [0.3, 0.4) is 0 Å². The Hall–Kier alpha value is -3.16. The first-order chi connectivity index (χ1) is 13.6. The van der Waals surface area contributed by atoms with Gasteiger partial charge in [0, 0.05) is 23.7 Å². The fourth-order valence-corrected chi connectivity index (χ4v) is 3.24. The van der Waals surface area contributed by atoms with Crippen molar-refractivity contribution in [1.29, 1.82) is 0 Å². The molecule has 0 saturated heterocycles. The van der Waals surface area contributed by atoms with Gasteiger partial charge >= 0.3 is 0 Å². The van der Waals surface area contributed by atoms with Gasteiger partial charge < -0.3 is 26.2 Å². The molecule has 3 aromatic rings. The molecule has 1 amide bonds. The van der Waals surface area contributed by atoms with Gasteiger partial charge in [-0.05, 0) is 30.8 Å². The molecule has 0 radical (unpaired) electrons. The smallest absolute Gasteiger partial charge is 0.250 e. The summed E-state index contributed by atoms with van der Waals surface area (Å²) in [6.07, 6.45) is 1.57. The second-order valence-corrected chi connectivity index (χ2v) is 6.41. The van der Waals surface area contributed by atoms with Gasteiger partial charge in [-0.15, -0.1) is 0 Å². The van der Waals surface area contributed by atoms with E-state index in [9.17, 15) is 9.90 Å². The van der Waals surface area contributed by atoms with E-state index in [1.165, 1.54) is 0 Å². The van der Waals surface area contributed by atoms with Crippen molar-refractivity contribution >= 4 is 22.5 Å². The van der Waals surface area contributed by atoms with Gasteiger partial charge in [-0.3, -0.25) is 9.78 Å². The van der Waals surface area contributed by atoms with Crippen LogP contribution in [0, 0.1) is 0 Å². The third-order valence-corrected chi connectivity index (χ3v) is 4.63. The van der Waals surface area contributed by atoms with Crippen LogP contribution in [0.5, 0.6) is 5.75 Å². The maximum Gasteiger partial charge on any atom is 0.250 e. The molecule has 0 fully saturated rings. The summed E-state index contributed by atoms with van der Waals surface area (Å²) in [5, 5.41) is 17.3. The van der Waals surface area contributed by atoms with E-state index >= 15 is 0 Å². The number of amides is 1. The number of benzene rings is 2. The van der Waals surface area contributed by atoms with Gasteiger partial charge in [0.2, 0.25) is 0 Å². The molecule has 0 unspecified atom stereocenters. The number of nitrogens with two attached hydrogens (primary N) is 1. The maximum absolute atomic E-state index is 11.8. The van der Waals surface area contributed by atoms with Crippen molar-refractivity contribution in [3.63, 3.8) is 0 Å². The van der Waals surface area contributed by atoms with Gasteiger partial charge in [-0.1, -0.05) is 24.3 Å². The molecule has 0 saturated carbocycles. The molecule has 3 rings (SSSR count). The summed E-state index contributed by atoms with van der Waals surface area (Å²) in [6, 6.07) is 13.0. The fourth-order valence-electron chi connectivity index (χ4n) is 3.24. The lowest BCUT2D eigenvalue weighted by atomic mass is 10.0. The molecule has 7 nitrogen and oxygen atoms in total. The minimum absolute atomic E-state index is 0.103. The monoisotopic (exact) mass is 380 g/mol. The molecule has 2 aromatic carbocycles.